The fourth-order valence-corrected chi connectivity index (χ4v) is 2.80. The van der Waals surface area contributed by atoms with Crippen LogP contribution < -0.4 is 11.1 Å². The van der Waals surface area contributed by atoms with Crippen LogP contribution in [0.1, 0.15) is 55.0 Å². The smallest absolute Gasteiger partial charge is 0.246 e. The van der Waals surface area contributed by atoms with Crippen LogP contribution in [0.5, 0.6) is 0 Å². The number of benzene rings is 1. The number of rotatable bonds is 5. The predicted molar refractivity (Wildman–Crippen MR) is 79.4 cm³/mol. The van der Waals surface area contributed by atoms with Gasteiger partial charge in [-0.3, -0.25) is 4.79 Å². The Balaban J connectivity index is 2.21. The van der Waals surface area contributed by atoms with Gasteiger partial charge in [-0.25, -0.2) is 0 Å². The zero-order valence-corrected chi connectivity index (χ0v) is 12.3. The number of amides is 1. The van der Waals surface area contributed by atoms with Crippen molar-refractivity contribution in [1.82, 2.24) is 5.32 Å². The Morgan fingerprint density at radius 3 is 3.05 bits per heavy atom. The molecule has 1 amide bonds. The van der Waals surface area contributed by atoms with Crippen molar-refractivity contribution in [3.63, 3.8) is 0 Å². The predicted octanol–water partition coefficient (Wildman–Crippen LogP) is 2.24. The average molecular weight is 276 g/mol. The molecule has 110 valence electrons. The molecule has 2 rings (SSSR count). The Morgan fingerprint density at radius 1 is 1.55 bits per heavy atom. The van der Waals surface area contributed by atoms with Gasteiger partial charge >= 0.3 is 0 Å². The SMILES string of the molecule is CCC(N)c1ccc2c(c1)C(NC(=O)COC)CCC2. The minimum atomic E-state index is -0.0597. The lowest BCUT2D eigenvalue weighted by molar-refractivity contribution is -0.125. The Bertz CT molecular complexity index is 474. The Morgan fingerprint density at radius 2 is 2.35 bits per heavy atom. The highest BCUT2D eigenvalue weighted by atomic mass is 16.5. The van der Waals surface area contributed by atoms with E-state index in [0.29, 0.717) is 0 Å². The summed E-state index contributed by atoms with van der Waals surface area (Å²) in [7, 11) is 1.53. The third kappa shape index (κ3) is 3.38. The molecule has 1 aliphatic carbocycles. The normalized spacial score (nSPS) is 19.2. The van der Waals surface area contributed by atoms with E-state index in [1.165, 1.54) is 18.2 Å². The summed E-state index contributed by atoms with van der Waals surface area (Å²) in [6, 6.07) is 6.60. The minimum Gasteiger partial charge on any atom is -0.375 e. The van der Waals surface area contributed by atoms with E-state index in [1.807, 2.05) is 0 Å². The first-order chi connectivity index (χ1) is 9.65. The Kier molecular flexibility index (Phi) is 5.15. The van der Waals surface area contributed by atoms with Gasteiger partial charge in [0.05, 0.1) is 6.04 Å². The van der Waals surface area contributed by atoms with Gasteiger partial charge in [0.2, 0.25) is 5.91 Å². The van der Waals surface area contributed by atoms with E-state index < -0.39 is 0 Å². The number of carbonyl (C=O) groups excluding carboxylic acids is 1. The number of aryl methyl sites for hydroxylation is 1. The molecule has 4 heteroatoms. The highest BCUT2D eigenvalue weighted by molar-refractivity contribution is 5.77. The van der Waals surface area contributed by atoms with Crippen LogP contribution in [-0.2, 0) is 16.0 Å². The summed E-state index contributed by atoms with van der Waals surface area (Å²) in [5.74, 6) is -0.0597. The molecule has 0 saturated carbocycles. The van der Waals surface area contributed by atoms with Crippen LogP contribution in [0.3, 0.4) is 0 Å². The van der Waals surface area contributed by atoms with Crippen LogP contribution in [0.25, 0.3) is 0 Å². The van der Waals surface area contributed by atoms with E-state index in [9.17, 15) is 4.79 Å². The second-order valence-electron chi connectivity index (χ2n) is 5.42. The summed E-state index contributed by atoms with van der Waals surface area (Å²) in [6.07, 6.45) is 4.07. The number of hydrogen-bond donors (Lipinski definition) is 2. The lowest BCUT2D eigenvalue weighted by Gasteiger charge is -2.27. The number of fused-ring (bicyclic) bond motifs is 1. The second-order valence-corrected chi connectivity index (χ2v) is 5.42. The van der Waals surface area contributed by atoms with Crippen LogP contribution in [0.15, 0.2) is 18.2 Å². The van der Waals surface area contributed by atoms with E-state index in [-0.39, 0.29) is 24.6 Å². The molecule has 1 aliphatic rings. The van der Waals surface area contributed by atoms with Crippen molar-refractivity contribution >= 4 is 5.91 Å². The van der Waals surface area contributed by atoms with Gasteiger partial charge in [-0.15, -0.1) is 0 Å². The lowest BCUT2D eigenvalue weighted by Crippen LogP contribution is -2.33. The van der Waals surface area contributed by atoms with Gasteiger partial charge in [-0.05, 0) is 42.4 Å². The first kappa shape index (κ1) is 15.0. The van der Waals surface area contributed by atoms with E-state index in [1.54, 1.807) is 0 Å². The number of hydrogen-bond acceptors (Lipinski definition) is 3. The van der Waals surface area contributed by atoms with Crippen molar-refractivity contribution in [3.8, 4) is 0 Å². The first-order valence-corrected chi connectivity index (χ1v) is 7.32. The maximum Gasteiger partial charge on any atom is 0.246 e. The molecular formula is C16H24N2O2. The molecule has 4 nitrogen and oxygen atoms in total. The van der Waals surface area contributed by atoms with E-state index in [4.69, 9.17) is 10.5 Å². The topological polar surface area (TPSA) is 64.3 Å². The molecule has 0 aromatic heterocycles. The third-order valence-electron chi connectivity index (χ3n) is 3.96. The summed E-state index contributed by atoms with van der Waals surface area (Å²) in [5.41, 5.74) is 9.82. The van der Waals surface area contributed by atoms with Crippen molar-refractivity contribution in [2.24, 2.45) is 5.73 Å². The lowest BCUT2D eigenvalue weighted by atomic mass is 9.85. The molecule has 0 bridgehead atoms. The molecule has 2 atom stereocenters. The molecule has 0 aliphatic heterocycles. The van der Waals surface area contributed by atoms with E-state index in [2.05, 4.69) is 30.4 Å². The summed E-state index contributed by atoms with van der Waals surface area (Å²) < 4.78 is 4.88. The van der Waals surface area contributed by atoms with Crippen molar-refractivity contribution in [1.29, 1.82) is 0 Å². The van der Waals surface area contributed by atoms with Crippen LogP contribution in [-0.4, -0.2) is 19.6 Å². The largest absolute Gasteiger partial charge is 0.375 e. The van der Waals surface area contributed by atoms with Crippen LogP contribution >= 0.6 is 0 Å². The first-order valence-electron chi connectivity index (χ1n) is 7.32. The summed E-state index contributed by atoms with van der Waals surface area (Å²) in [6.45, 7) is 2.20. The van der Waals surface area contributed by atoms with Crippen LogP contribution in [0.2, 0.25) is 0 Å². The van der Waals surface area contributed by atoms with Gasteiger partial charge in [0.1, 0.15) is 6.61 Å². The van der Waals surface area contributed by atoms with Gasteiger partial charge in [-0.2, -0.15) is 0 Å². The van der Waals surface area contributed by atoms with Gasteiger partial charge in [0.25, 0.3) is 0 Å². The fraction of sp³-hybridized carbons (Fsp3) is 0.562. The van der Waals surface area contributed by atoms with Crippen molar-refractivity contribution in [3.05, 3.63) is 34.9 Å². The summed E-state index contributed by atoms with van der Waals surface area (Å²) in [4.78, 5) is 11.7. The number of carbonyl (C=O) groups is 1. The average Bonchev–Trinajstić information content (AvgIpc) is 2.46. The quantitative estimate of drug-likeness (QED) is 0.867. The molecule has 0 heterocycles. The molecule has 20 heavy (non-hydrogen) atoms. The third-order valence-corrected chi connectivity index (χ3v) is 3.96. The monoisotopic (exact) mass is 276 g/mol. The maximum absolute atomic E-state index is 11.7. The zero-order valence-electron chi connectivity index (χ0n) is 12.3. The second kappa shape index (κ2) is 6.86. The Hall–Kier alpha value is -1.39. The molecule has 3 N–H and O–H groups in total. The van der Waals surface area contributed by atoms with Crippen molar-refractivity contribution in [2.75, 3.05) is 13.7 Å². The molecule has 1 aromatic carbocycles. The van der Waals surface area contributed by atoms with Gasteiger partial charge in [0.15, 0.2) is 0 Å². The number of nitrogens with two attached hydrogens (primary N) is 1. The number of methoxy groups -OCH3 is 1. The van der Waals surface area contributed by atoms with Gasteiger partial charge < -0.3 is 15.8 Å². The van der Waals surface area contributed by atoms with Crippen molar-refractivity contribution in [2.45, 2.75) is 44.7 Å². The standard InChI is InChI=1S/C16H24N2O2/c1-3-14(17)12-8-7-11-5-4-6-15(13(11)9-12)18-16(19)10-20-2/h7-9,14-15H,3-6,10,17H2,1-2H3,(H,18,19). The van der Waals surface area contributed by atoms with E-state index >= 15 is 0 Å². The van der Waals surface area contributed by atoms with Gasteiger partial charge in [0, 0.05) is 13.2 Å². The summed E-state index contributed by atoms with van der Waals surface area (Å²) >= 11 is 0. The number of nitrogens with one attached hydrogen (secondary N) is 1. The zero-order chi connectivity index (χ0) is 14.5. The molecule has 0 fully saturated rings. The molecular weight excluding hydrogens is 252 g/mol. The van der Waals surface area contributed by atoms with Crippen molar-refractivity contribution < 1.29 is 9.53 Å². The molecule has 2 unspecified atom stereocenters. The Labute approximate surface area is 120 Å². The van der Waals surface area contributed by atoms with E-state index in [0.717, 1.165) is 31.2 Å². The minimum absolute atomic E-state index is 0.0597. The van der Waals surface area contributed by atoms with Crippen LogP contribution in [0, 0.1) is 0 Å². The summed E-state index contributed by atoms with van der Waals surface area (Å²) in [5, 5.41) is 3.06. The molecule has 0 spiro atoms. The molecule has 0 radical (unpaired) electrons. The molecule has 0 saturated heterocycles. The highest BCUT2D eigenvalue weighted by Crippen LogP contribution is 2.31. The number of ether oxygens (including phenoxy) is 1. The van der Waals surface area contributed by atoms with Gasteiger partial charge in [-0.1, -0.05) is 25.1 Å². The fourth-order valence-electron chi connectivity index (χ4n) is 2.80. The molecule has 1 aromatic rings. The highest BCUT2D eigenvalue weighted by Gasteiger charge is 2.22. The maximum atomic E-state index is 11.7. The van der Waals surface area contributed by atoms with Crippen LogP contribution in [0.4, 0.5) is 0 Å².